The standard InChI is InChI=1S/C30H38N2O/c1-33-30(26-12-16-29(17-13-26)32-20-6-3-7-21-32)27-11-8-25(23-27)22-24-9-14-28(15-10-24)31-18-4-2-5-19-31/h9-10,12-17,22-23,30H,2-8,11,18-21H2,1H3. The maximum absolute atomic E-state index is 5.97. The van der Waals surface area contributed by atoms with Gasteiger partial charge in [-0.25, -0.2) is 0 Å². The van der Waals surface area contributed by atoms with Gasteiger partial charge in [-0.15, -0.1) is 0 Å². The molecule has 0 N–H and O–H groups in total. The Hall–Kier alpha value is -2.52. The van der Waals surface area contributed by atoms with E-state index in [1.54, 1.807) is 0 Å². The summed E-state index contributed by atoms with van der Waals surface area (Å²) in [5, 5.41) is 0. The highest BCUT2D eigenvalue weighted by atomic mass is 16.5. The molecule has 5 rings (SSSR count). The zero-order valence-electron chi connectivity index (χ0n) is 20.1. The number of hydrogen-bond donors (Lipinski definition) is 0. The second-order valence-electron chi connectivity index (χ2n) is 9.83. The molecule has 0 spiro atoms. The molecule has 0 saturated carbocycles. The molecule has 1 unspecified atom stereocenters. The van der Waals surface area contributed by atoms with Crippen LogP contribution in [0.1, 0.15) is 68.6 Å². The summed E-state index contributed by atoms with van der Waals surface area (Å²) >= 11 is 0. The maximum Gasteiger partial charge on any atom is 0.103 e. The summed E-state index contributed by atoms with van der Waals surface area (Å²) in [4.78, 5) is 5.04. The van der Waals surface area contributed by atoms with Gasteiger partial charge in [-0.2, -0.15) is 0 Å². The fourth-order valence-electron chi connectivity index (χ4n) is 5.65. The van der Waals surface area contributed by atoms with Gasteiger partial charge < -0.3 is 14.5 Å². The van der Waals surface area contributed by atoms with E-state index in [0.717, 1.165) is 12.8 Å². The molecule has 33 heavy (non-hydrogen) atoms. The van der Waals surface area contributed by atoms with E-state index in [1.807, 2.05) is 7.11 Å². The van der Waals surface area contributed by atoms with Crippen molar-refractivity contribution in [3.63, 3.8) is 0 Å². The number of rotatable bonds is 6. The van der Waals surface area contributed by atoms with Gasteiger partial charge in [0.25, 0.3) is 0 Å². The Morgan fingerprint density at radius 2 is 1.24 bits per heavy atom. The van der Waals surface area contributed by atoms with Crippen LogP contribution < -0.4 is 9.80 Å². The highest BCUT2D eigenvalue weighted by molar-refractivity contribution is 5.61. The number of benzene rings is 2. The molecule has 0 amide bonds. The van der Waals surface area contributed by atoms with Gasteiger partial charge in [0.15, 0.2) is 0 Å². The van der Waals surface area contributed by atoms with Crippen LogP contribution in [0.15, 0.2) is 65.8 Å². The van der Waals surface area contributed by atoms with Crippen molar-refractivity contribution in [1.29, 1.82) is 0 Å². The average molecular weight is 443 g/mol. The van der Waals surface area contributed by atoms with Crippen LogP contribution >= 0.6 is 0 Å². The molecule has 3 heteroatoms. The van der Waals surface area contributed by atoms with E-state index in [4.69, 9.17) is 4.74 Å². The average Bonchev–Trinajstić information content (AvgIpc) is 3.34. The molecule has 2 aromatic carbocycles. The van der Waals surface area contributed by atoms with Crippen molar-refractivity contribution in [2.75, 3.05) is 43.1 Å². The molecular weight excluding hydrogens is 404 g/mol. The van der Waals surface area contributed by atoms with Gasteiger partial charge >= 0.3 is 0 Å². The van der Waals surface area contributed by atoms with Crippen LogP contribution in [-0.2, 0) is 4.74 Å². The minimum Gasteiger partial charge on any atom is -0.372 e. The van der Waals surface area contributed by atoms with Gasteiger partial charge in [0.2, 0.25) is 0 Å². The largest absolute Gasteiger partial charge is 0.372 e. The van der Waals surface area contributed by atoms with Gasteiger partial charge in [0.1, 0.15) is 6.10 Å². The lowest BCUT2D eigenvalue weighted by Crippen LogP contribution is -2.29. The van der Waals surface area contributed by atoms with Crippen LogP contribution in [0.3, 0.4) is 0 Å². The molecule has 0 aromatic heterocycles. The number of hydrogen-bond acceptors (Lipinski definition) is 3. The molecule has 3 nitrogen and oxygen atoms in total. The molecular formula is C30H38N2O. The van der Waals surface area contributed by atoms with Crippen LogP contribution in [0.4, 0.5) is 11.4 Å². The van der Waals surface area contributed by atoms with Crippen molar-refractivity contribution < 1.29 is 4.74 Å². The van der Waals surface area contributed by atoms with Gasteiger partial charge in [-0.3, -0.25) is 0 Å². The van der Waals surface area contributed by atoms with Crippen LogP contribution in [0, 0.1) is 0 Å². The van der Waals surface area contributed by atoms with Gasteiger partial charge in [0, 0.05) is 44.7 Å². The molecule has 1 aliphatic carbocycles. The van der Waals surface area contributed by atoms with Crippen molar-refractivity contribution >= 4 is 17.5 Å². The van der Waals surface area contributed by atoms with Crippen LogP contribution in [0.25, 0.3) is 6.08 Å². The summed E-state index contributed by atoms with van der Waals surface area (Å²) in [5.74, 6) is 0. The van der Waals surface area contributed by atoms with E-state index < -0.39 is 0 Å². The van der Waals surface area contributed by atoms with E-state index >= 15 is 0 Å². The van der Waals surface area contributed by atoms with E-state index in [2.05, 4.69) is 70.5 Å². The first kappa shape index (κ1) is 22.3. The van der Waals surface area contributed by atoms with Crippen molar-refractivity contribution in [1.82, 2.24) is 0 Å². The fourth-order valence-corrected chi connectivity index (χ4v) is 5.65. The molecule has 1 atom stereocenters. The Bertz CT molecular complexity index is 961. The van der Waals surface area contributed by atoms with E-state index in [9.17, 15) is 0 Å². The quantitative estimate of drug-likeness (QED) is 0.472. The summed E-state index contributed by atoms with van der Waals surface area (Å²) in [7, 11) is 1.84. The smallest absolute Gasteiger partial charge is 0.103 e. The first-order valence-corrected chi connectivity index (χ1v) is 12.9. The van der Waals surface area contributed by atoms with Crippen LogP contribution in [0.5, 0.6) is 0 Å². The van der Waals surface area contributed by atoms with Crippen LogP contribution in [0.2, 0.25) is 0 Å². The zero-order valence-corrected chi connectivity index (χ0v) is 20.1. The molecule has 2 fully saturated rings. The Balaban J connectivity index is 1.26. The van der Waals surface area contributed by atoms with Crippen molar-refractivity contribution in [2.24, 2.45) is 0 Å². The Morgan fingerprint density at radius 3 is 1.79 bits per heavy atom. The molecule has 2 heterocycles. The van der Waals surface area contributed by atoms with Gasteiger partial charge in [-0.1, -0.05) is 36.4 Å². The summed E-state index contributed by atoms with van der Waals surface area (Å²) in [5.41, 5.74) is 8.07. The maximum atomic E-state index is 5.97. The third kappa shape index (κ3) is 5.35. The minimum absolute atomic E-state index is 0.0489. The van der Waals surface area contributed by atoms with Crippen LogP contribution in [-0.4, -0.2) is 33.3 Å². The fraction of sp³-hybridized carbons (Fsp3) is 0.467. The number of allylic oxidation sites excluding steroid dienone is 2. The van der Waals surface area contributed by atoms with Crippen molar-refractivity contribution in [3.8, 4) is 0 Å². The molecule has 3 aliphatic rings. The van der Waals surface area contributed by atoms with Gasteiger partial charge in [0.05, 0.1) is 0 Å². The first-order valence-electron chi connectivity index (χ1n) is 12.9. The first-order chi connectivity index (χ1) is 16.3. The number of ether oxygens (including phenoxy) is 1. The number of nitrogens with zero attached hydrogens (tertiary/aromatic N) is 2. The lowest BCUT2D eigenvalue weighted by atomic mass is 10.00. The molecule has 174 valence electrons. The van der Waals surface area contributed by atoms with Gasteiger partial charge in [-0.05, 0) is 97.9 Å². The third-order valence-electron chi connectivity index (χ3n) is 7.53. The van der Waals surface area contributed by atoms with E-state index in [0.29, 0.717) is 0 Å². The number of methoxy groups -OCH3 is 1. The highest BCUT2D eigenvalue weighted by Crippen LogP contribution is 2.37. The normalized spacial score (nSPS) is 21.4. The van der Waals surface area contributed by atoms with Crippen molar-refractivity contribution in [2.45, 2.75) is 57.5 Å². The second-order valence-corrected chi connectivity index (χ2v) is 9.83. The van der Waals surface area contributed by atoms with Crippen molar-refractivity contribution in [3.05, 3.63) is 76.9 Å². The molecule has 0 bridgehead atoms. The molecule has 2 aromatic rings. The topological polar surface area (TPSA) is 15.7 Å². The number of anilines is 2. The molecule has 2 saturated heterocycles. The molecule has 2 aliphatic heterocycles. The Kier molecular flexibility index (Phi) is 7.16. The predicted molar refractivity (Wildman–Crippen MR) is 140 cm³/mol. The summed E-state index contributed by atoms with van der Waals surface area (Å²) in [6.07, 6.45) is 14.9. The monoisotopic (exact) mass is 442 g/mol. The van der Waals surface area contributed by atoms with E-state index in [-0.39, 0.29) is 6.10 Å². The number of piperidine rings is 2. The highest BCUT2D eigenvalue weighted by Gasteiger charge is 2.21. The lowest BCUT2D eigenvalue weighted by Gasteiger charge is -2.29. The zero-order chi connectivity index (χ0) is 22.5. The molecule has 0 radical (unpaired) electrons. The lowest BCUT2D eigenvalue weighted by molar-refractivity contribution is 0.131. The Labute approximate surface area is 199 Å². The third-order valence-corrected chi connectivity index (χ3v) is 7.53. The summed E-state index contributed by atoms with van der Waals surface area (Å²) in [6.45, 7) is 4.77. The summed E-state index contributed by atoms with van der Waals surface area (Å²) in [6, 6.07) is 18.2. The van der Waals surface area contributed by atoms with E-state index in [1.165, 1.54) is 98.4 Å². The SMILES string of the molecule is COC(C1=CC(=Cc2ccc(N3CCCCC3)cc2)CC1)c1ccc(N2CCCCC2)cc1. The minimum atomic E-state index is 0.0489. The second kappa shape index (κ2) is 10.6. The summed E-state index contributed by atoms with van der Waals surface area (Å²) < 4.78 is 5.97. The predicted octanol–water partition coefficient (Wildman–Crippen LogP) is 7.16. The Morgan fingerprint density at radius 1 is 0.697 bits per heavy atom.